The molecule has 126 valence electrons. The molecule has 0 saturated heterocycles. The quantitative estimate of drug-likeness (QED) is 0.184. The third-order valence-corrected chi connectivity index (χ3v) is 2.50. The molecule has 0 heterocycles. The molecule has 0 saturated carbocycles. The summed E-state index contributed by atoms with van der Waals surface area (Å²) in [6.45, 7) is 1.66. The van der Waals surface area contributed by atoms with Crippen LogP contribution >= 0.6 is 0 Å². The van der Waals surface area contributed by atoms with Gasteiger partial charge in [0, 0.05) is 5.57 Å². The zero-order chi connectivity index (χ0) is 17.1. The van der Waals surface area contributed by atoms with E-state index in [2.05, 4.69) is 4.74 Å². The van der Waals surface area contributed by atoms with Crippen molar-refractivity contribution in [3.63, 3.8) is 0 Å². The molecule has 8 heteroatoms. The van der Waals surface area contributed by atoms with Gasteiger partial charge in [-0.2, -0.15) is 0 Å². The maximum Gasteiger partial charge on any atom is 0.344 e. The molecule has 0 radical (unpaired) electrons. The van der Waals surface area contributed by atoms with Crippen LogP contribution < -0.4 is 0 Å². The van der Waals surface area contributed by atoms with Gasteiger partial charge in [0.1, 0.15) is 12.7 Å². The number of hydrogen-bond donors (Lipinski definition) is 4. The average molecular weight is 318 g/mol. The predicted molar refractivity (Wildman–Crippen MR) is 75.4 cm³/mol. The summed E-state index contributed by atoms with van der Waals surface area (Å²) >= 11 is 0. The van der Waals surface area contributed by atoms with Crippen LogP contribution in [0, 0.1) is 0 Å². The number of hydrogen-bond acceptors (Lipinski definition) is 8. The molecule has 0 amide bonds. The van der Waals surface area contributed by atoms with E-state index < -0.39 is 37.4 Å². The molecule has 8 nitrogen and oxygen atoms in total. The SMILES string of the molecule is CC(=CCC(O)CO)C(=O)OC(=O)C(C)=COCC(O)CO. The van der Waals surface area contributed by atoms with Gasteiger partial charge in [-0.3, -0.25) is 0 Å². The summed E-state index contributed by atoms with van der Waals surface area (Å²) in [6, 6.07) is 0. The van der Waals surface area contributed by atoms with Gasteiger partial charge in [0.25, 0.3) is 0 Å². The van der Waals surface area contributed by atoms with Crippen LogP contribution in [-0.2, 0) is 19.1 Å². The summed E-state index contributed by atoms with van der Waals surface area (Å²) in [6.07, 6.45) is 0.381. The Labute approximate surface area is 128 Å². The van der Waals surface area contributed by atoms with Gasteiger partial charge in [0.15, 0.2) is 0 Å². The van der Waals surface area contributed by atoms with Gasteiger partial charge in [0.2, 0.25) is 0 Å². The molecule has 22 heavy (non-hydrogen) atoms. The second kappa shape index (κ2) is 10.9. The van der Waals surface area contributed by atoms with Crippen LogP contribution in [0.25, 0.3) is 0 Å². The van der Waals surface area contributed by atoms with Crippen LogP contribution in [0.4, 0.5) is 0 Å². The molecule has 0 aromatic rings. The number of carbonyl (C=O) groups excluding carboxylic acids is 2. The zero-order valence-electron chi connectivity index (χ0n) is 12.6. The lowest BCUT2D eigenvalue weighted by molar-refractivity contribution is -0.154. The highest BCUT2D eigenvalue weighted by atomic mass is 16.6. The summed E-state index contributed by atoms with van der Waals surface area (Å²) in [4.78, 5) is 23.2. The van der Waals surface area contributed by atoms with Crippen molar-refractivity contribution in [3.05, 3.63) is 23.5 Å². The minimum Gasteiger partial charge on any atom is -0.498 e. The Bertz CT molecular complexity index is 427. The smallest absolute Gasteiger partial charge is 0.344 e. The van der Waals surface area contributed by atoms with Gasteiger partial charge in [0.05, 0.1) is 31.2 Å². The lowest BCUT2D eigenvalue weighted by Gasteiger charge is -2.07. The van der Waals surface area contributed by atoms with E-state index in [1.807, 2.05) is 0 Å². The molecule has 0 rings (SSSR count). The monoisotopic (exact) mass is 318 g/mol. The van der Waals surface area contributed by atoms with Crippen molar-refractivity contribution in [2.75, 3.05) is 19.8 Å². The fourth-order valence-corrected chi connectivity index (χ4v) is 1.10. The molecule has 0 bridgehead atoms. The third-order valence-electron chi connectivity index (χ3n) is 2.50. The van der Waals surface area contributed by atoms with E-state index in [9.17, 15) is 9.59 Å². The third kappa shape index (κ3) is 8.53. The highest BCUT2D eigenvalue weighted by Gasteiger charge is 2.15. The van der Waals surface area contributed by atoms with E-state index in [1.54, 1.807) is 0 Å². The second-order valence-corrected chi connectivity index (χ2v) is 4.61. The first-order valence-corrected chi connectivity index (χ1v) is 6.61. The molecule has 0 fully saturated rings. The first kappa shape index (κ1) is 20.3. The lowest BCUT2D eigenvalue weighted by atomic mass is 10.2. The van der Waals surface area contributed by atoms with Crippen molar-refractivity contribution in [3.8, 4) is 0 Å². The molecule has 0 aliphatic carbocycles. The van der Waals surface area contributed by atoms with E-state index in [4.69, 9.17) is 25.2 Å². The van der Waals surface area contributed by atoms with Gasteiger partial charge in [-0.1, -0.05) is 6.08 Å². The number of rotatable bonds is 9. The van der Waals surface area contributed by atoms with Gasteiger partial charge >= 0.3 is 11.9 Å². The molecular formula is C14H22O8. The Morgan fingerprint density at radius 1 is 1.00 bits per heavy atom. The normalized spacial score (nSPS) is 15.2. The lowest BCUT2D eigenvalue weighted by Crippen LogP contribution is -2.19. The number of aliphatic hydroxyl groups excluding tert-OH is 4. The maximum absolute atomic E-state index is 11.6. The van der Waals surface area contributed by atoms with Crippen LogP contribution in [0.5, 0.6) is 0 Å². The Balaban J connectivity index is 4.39. The fourth-order valence-electron chi connectivity index (χ4n) is 1.10. The Morgan fingerprint density at radius 2 is 1.55 bits per heavy atom. The van der Waals surface area contributed by atoms with Crippen LogP contribution in [-0.4, -0.2) is 64.4 Å². The number of carbonyl (C=O) groups is 2. The molecule has 0 aliphatic rings. The van der Waals surface area contributed by atoms with Gasteiger partial charge in [-0.25, -0.2) is 9.59 Å². The first-order valence-electron chi connectivity index (χ1n) is 6.61. The van der Waals surface area contributed by atoms with Crippen LogP contribution in [0.15, 0.2) is 23.5 Å². The van der Waals surface area contributed by atoms with Crippen molar-refractivity contribution in [1.82, 2.24) is 0 Å². The van der Waals surface area contributed by atoms with E-state index in [-0.39, 0.29) is 24.2 Å². The standard InChI is InChI=1S/C14H22O8/c1-9(3-4-11(17)5-15)13(19)22-14(20)10(2)7-21-8-12(18)6-16/h3,7,11-12,15-18H,4-6,8H2,1-2H3. The van der Waals surface area contributed by atoms with Crippen LogP contribution in [0.3, 0.4) is 0 Å². The Hall–Kier alpha value is -1.74. The van der Waals surface area contributed by atoms with Gasteiger partial charge in [-0.05, 0) is 20.3 Å². The van der Waals surface area contributed by atoms with Crippen molar-refractivity contribution in [2.45, 2.75) is 32.5 Å². The number of esters is 2. The molecular weight excluding hydrogens is 296 g/mol. The summed E-state index contributed by atoms with van der Waals surface area (Å²) in [5.74, 6) is -1.79. The van der Waals surface area contributed by atoms with Crippen molar-refractivity contribution in [1.29, 1.82) is 0 Å². The summed E-state index contributed by atoms with van der Waals surface area (Å²) in [5.41, 5.74) is 0.118. The van der Waals surface area contributed by atoms with Crippen LogP contribution in [0.2, 0.25) is 0 Å². The molecule has 0 aromatic heterocycles. The number of aliphatic hydroxyl groups is 4. The van der Waals surface area contributed by atoms with Gasteiger partial charge < -0.3 is 29.9 Å². The topological polar surface area (TPSA) is 134 Å². The predicted octanol–water partition coefficient (Wildman–Crippen LogP) is -0.981. The fraction of sp³-hybridized carbons (Fsp3) is 0.571. The number of ether oxygens (including phenoxy) is 2. The van der Waals surface area contributed by atoms with E-state index in [0.717, 1.165) is 6.26 Å². The molecule has 2 atom stereocenters. The van der Waals surface area contributed by atoms with E-state index in [1.165, 1.54) is 19.9 Å². The summed E-state index contributed by atoms with van der Waals surface area (Å²) in [7, 11) is 0. The first-order chi connectivity index (χ1) is 10.3. The Kier molecular flexibility index (Phi) is 10.0. The second-order valence-electron chi connectivity index (χ2n) is 4.61. The Morgan fingerprint density at radius 3 is 2.09 bits per heavy atom. The summed E-state index contributed by atoms with van der Waals surface area (Å²) < 4.78 is 9.42. The highest BCUT2D eigenvalue weighted by molar-refractivity contribution is 6.01. The average Bonchev–Trinajstić information content (AvgIpc) is 2.51. The summed E-state index contributed by atoms with van der Waals surface area (Å²) in [5, 5.41) is 35.4. The van der Waals surface area contributed by atoms with E-state index >= 15 is 0 Å². The van der Waals surface area contributed by atoms with Crippen LogP contribution in [0.1, 0.15) is 20.3 Å². The molecule has 0 aliphatic heterocycles. The van der Waals surface area contributed by atoms with Crippen molar-refractivity contribution in [2.24, 2.45) is 0 Å². The largest absolute Gasteiger partial charge is 0.498 e. The molecule has 0 aromatic carbocycles. The van der Waals surface area contributed by atoms with E-state index in [0.29, 0.717) is 0 Å². The minimum absolute atomic E-state index is 0.00156. The molecule has 2 unspecified atom stereocenters. The maximum atomic E-state index is 11.6. The van der Waals surface area contributed by atoms with Crippen molar-refractivity contribution >= 4 is 11.9 Å². The van der Waals surface area contributed by atoms with Gasteiger partial charge in [-0.15, -0.1) is 0 Å². The highest BCUT2D eigenvalue weighted by Crippen LogP contribution is 2.05. The zero-order valence-corrected chi connectivity index (χ0v) is 12.6. The van der Waals surface area contributed by atoms with Crippen molar-refractivity contribution < 1.29 is 39.5 Å². The molecule has 4 N–H and O–H groups in total. The minimum atomic E-state index is -1.06. The molecule has 0 spiro atoms.